The van der Waals surface area contributed by atoms with E-state index >= 15 is 0 Å². The first-order valence-corrected chi connectivity index (χ1v) is 5.57. The third-order valence-electron chi connectivity index (χ3n) is 2.83. The molecule has 0 saturated heterocycles. The number of carbonyl (C=O) groups is 1. The highest BCUT2D eigenvalue weighted by atomic mass is 32.2. The molecule has 0 bridgehead atoms. The molecule has 3 heteroatoms. The van der Waals surface area contributed by atoms with E-state index in [1.54, 1.807) is 11.9 Å². The first-order chi connectivity index (χ1) is 6.14. The van der Waals surface area contributed by atoms with Gasteiger partial charge in [0.15, 0.2) is 0 Å². The van der Waals surface area contributed by atoms with Gasteiger partial charge in [0, 0.05) is 10.7 Å². The first-order valence-electron chi connectivity index (χ1n) is 4.75. The molecule has 2 saturated carbocycles. The van der Waals surface area contributed by atoms with E-state index in [2.05, 4.69) is 18.2 Å². The third-order valence-corrected chi connectivity index (χ3v) is 4.04. The van der Waals surface area contributed by atoms with Crippen LogP contribution < -0.4 is 4.72 Å². The standard InChI is InChI=1S/C10H15NOS/c1-3-7-6-8(7)9(12)11-13-10(2)4-5-10/h3,7-8H,1,4-6H2,2H3,(H,11,12). The van der Waals surface area contributed by atoms with E-state index in [1.165, 1.54) is 12.8 Å². The average Bonchev–Trinajstić information content (AvgIpc) is 2.97. The number of hydrogen-bond donors (Lipinski definition) is 1. The Balaban J connectivity index is 1.70. The van der Waals surface area contributed by atoms with Crippen molar-refractivity contribution in [2.24, 2.45) is 11.8 Å². The maximum atomic E-state index is 11.5. The van der Waals surface area contributed by atoms with Crippen LogP contribution in [-0.4, -0.2) is 10.7 Å². The fraction of sp³-hybridized carbons (Fsp3) is 0.700. The molecule has 2 aliphatic carbocycles. The second-order valence-electron chi connectivity index (χ2n) is 4.26. The predicted molar refractivity (Wildman–Crippen MR) is 55.2 cm³/mol. The molecule has 0 aromatic rings. The molecular weight excluding hydrogens is 182 g/mol. The number of rotatable bonds is 4. The summed E-state index contributed by atoms with van der Waals surface area (Å²) in [5.74, 6) is 0.850. The minimum atomic E-state index is 0.197. The molecule has 13 heavy (non-hydrogen) atoms. The molecule has 1 amide bonds. The van der Waals surface area contributed by atoms with E-state index in [9.17, 15) is 4.79 Å². The van der Waals surface area contributed by atoms with Crippen molar-refractivity contribution in [2.45, 2.75) is 30.9 Å². The van der Waals surface area contributed by atoms with Crippen molar-refractivity contribution in [2.75, 3.05) is 0 Å². The molecule has 72 valence electrons. The fourth-order valence-electron chi connectivity index (χ4n) is 1.30. The maximum Gasteiger partial charge on any atom is 0.233 e. The molecule has 2 nitrogen and oxygen atoms in total. The highest BCUT2D eigenvalue weighted by Gasteiger charge is 2.43. The van der Waals surface area contributed by atoms with Gasteiger partial charge in [-0.1, -0.05) is 6.08 Å². The van der Waals surface area contributed by atoms with Crippen LogP contribution in [0, 0.1) is 11.8 Å². The van der Waals surface area contributed by atoms with E-state index in [0.29, 0.717) is 10.7 Å². The van der Waals surface area contributed by atoms with Gasteiger partial charge in [0.25, 0.3) is 0 Å². The van der Waals surface area contributed by atoms with Crippen molar-refractivity contribution in [3.8, 4) is 0 Å². The lowest BCUT2D eigenvalue weighted by atomic mass is 10.3. The Bertz CT molecular complexity index is 247. The van der Waals surface area contributed by atoms with Crippen LogP contribution >= 0.6 is 11.9 Å². The van der Waals surface area contributed by atoms with Crippen molar-refractivity contribution < 1.29 is 4.79 Å². The SMILES string of the molecule is C=CC1CC1C(=O)NSC1(C)CC1. The van der Waals surface area contributed by atoms with Gasteiger partial charge in [-0.05, 0) is 44.1 Å². The zero-order valence-corrected chi connectivity index (χ0v) is 8.69. The maximum absolute atomic E-state index is 11.5. The highest BCUT2D eigenvalue weighted by Crippen LogP contribution is 2.47. The summed E-state index contributed by atoms with van der Waals surface area (Å²) >= 11 is 1.60. The van der Waals surface area contributed by atoms with Crippen LogP contribution in [0.2, 0.25) is 0 Å². The van der Waals surface area contributed by atoms with E-state index in [0.717, 1.165) is 6.42 Å². The molecule has 0 aliphatic heterocycles. The smallest absolute Gasteiger partial charge is 0.233 e. The molecule has 2 aliphatic rings. The highest BCUT2D eigenvalue weighted by molar-refractivity contribution is 7.99. The van der Waals surface area contributed by atoms with E-state index in [1.807, 2.05) is 6.08 Å². The molecule has 0 aromatic heterocycles. The van der Waals surface area contributed by atoms with Crippen LogP contribution in [0.3, 0.4) is 0 Å². The van der Waals surface area contributed by atoms with Crippen LogP contribution in [-0.2, 0) is 4.79 Å². The second kappa shape index (κ2) is 3.05. The van der Waals surface area contributed by atoms with Crippen LogP contribution in [0.4, 0.5) is 0 Å². The molecule has 0 aromatic carbocycles. The van der Waals surface area contributed by atoms with Crippen molar-refractivity contribution in [1.82, 2.24) is 4.72 Å². The van der Waals surface area contributed by atoms with Crippen molar-refractivity contribution in [3.05, 3.63) is 12.7 Å². The minimum absolute atomic E-state index is 0.197. The molecule has 2 atom stereocenters. The number of carbonyl (C=O) groups excluding carboxylic acids is 1. The number of nitrogens with one attached hydrogen (secondary N) is 1. The minimum Gasteiger partial charge on any atom is -0.299 e. The van der Waals surface area contributed by atoms with E-state index < -0.39 is 0 Å². The van der Waals surface area contributed by atoms with Gasteiger partial charge in [-0.15, -0.1) is 6.58 Å². The van der Waals surface area contributed by atoms with Crippen LogP contribution in [0.1, 0.15) is 26.2 Å². The molecule has 2 unspecified atom stereocenters. The van der Waals surface area contributed by atoms with Gasteiger partial charge in [0.05, 0.1) is 0 Å². The zero-order valence-electron chi connectivity index (χ0n) is 7.88. The zero-order chi connectivity index (χ0) is 9.47. The molecule has 0 heterocycles. The lowest BCUT2D eigenvalue weighted by Crippen LogP contribution is -2.21. The average molecular weight is 197 g/mol. The fourth-order valence-corrected chi connectivity index (χ4v) is 2.11. The Morgan fingerprint density at radius 1 is 1.69 bits per heavy atom. The molecule has 0 radical (unpaired) electrons. The van der Waals surface area contributed by atoms with Crippen molar-refractivity contribution >= 4 is 17.9 Å². The Morgan fingerprint density at radius 3 is 2.85 bits per heavy atom. The number of allylic oxidation sites excluding steroid dienone is 1. The number of amides is 1. The summed E-state index contributed by atoms with van der Waals surface area (Å²) in [5.41, 5.74) is 0. The Labute approximate surface area is 83.3 Å². The van der Waals surface area contributed by atoms with Crippen molar-refractivity contribution in [3.63, 3.8) is 0 Å². The Kier molecular flexibility index (Phi) is 2.14. The lowest BCUT2D eigenvalue weighted by Gasteiger charge is -2.08. The largest absolute Gasteiger partial charge is 0.299 e. The van der Waals surface area contributed by atoms with E-state index in [-0.39, 0.29) is 11.8 Å². The molecule has 0 spiro atoms. The van der Waals surface area contributed by atoms with Crippen LogP contribution in [0.15, 0.2) is 12.7 Å². The summed E-state index contributed by atoms with van der Waals surface area (Å²) in [7, 11) is 0. The third kappa shape index (κ3) is 2.08. The monoisotopic (exact) mass is 197 g/mol. The van der Waals surface area contributed by atoms with Crippen LogP contribution in [0.5, 0.6) is 0 Å². The van der Waals surface area contributed by atoms with Gasteiger partial charge in [-0.3, -0.25) is 9.52 Å². The summed E-state index contributed by atoms with van der Waals surface area (Å²) < 4.78 is 3.28. The van der Waals surface area contributed by atoms with E-state index in [4.69, 9.17) is 0 Å². The van der Waals surface area contributed by atoms with Gasteiger partial charge in [-0.25, -0.2) is 0 Å². The van der Waals surface area contributed by atoms with Gasteiger partial charge in [0.1, 0.15) is 0 Å². The summed E-state index contributed by atoms with van der Waals surface area (Å²) in [5, 5.41) is 0. The van der Waals surface area contributed by atoms with Crippen LogP contribution in [0.25, 0.3) is 0 Å². The summed E-state index contributed by atoms with van der Waals surface area (Å²) in [4.78, 5) is 11.5. The molecule has 2 fully saturated rings. The predicted octanol–water partition coefficient (Wildman–Crippen LogP) is 2.13. The lowest BCUT2D eigenvalue weighted by molar-refractivity contribution is -0.120. The number of hydrogen-bond acceptors (Lipinski definition) is 2. The van der Waals surface area contributed by atoms with Gasteiger partial charge >= 0.3 is 0 Å². The Hall–Kier alpha value is -0.440. The van der Waals surface area contributed by atoms with Gasteiger partial charge < -0.3 is 0 Å². The first kappa shape index (κ1) is 9.13. The summed E-state index contributed by atoms with van der Waals surface area (Å²) in [6.45, 7) is 5.88. The van der Waals surface area contributed by atoms with Gasteiger partial charge in [0.2, 0.25) is 5.91 Å². The molecule has 2 rings (SSSR count). The summed E-state index contributed by atoms with van der Waals surface area (Å²) in [6, 6.07) is 0. The quantitative estimate of drug-likeness (QED) is 0.552. The van der Waals surface area contributed by atoms with Crippen molar-refractivity contribution in [1.29, 1.82) is 0 Å². The normalized spacial score (nSPS) is 33.6. The van der Waals surface area contributed by atoms with Gasteiger partial charge in [-0.2, -0.15) is 0 Å². The Morgan fingerprint density at radius 2 is 2.38 bits per heavy atom. The summed E-state index contributed by atoms with van der Waals surface area (Å²) in [6.07, 6.45) is 5.33. The second-order valence-corrected chi connectivity index (χ2v) is 5.65. The molecular formula is C10H15NOS. The topological polar surface area (TPSA) is 29.1 Å². The molecule has 1 N–H and O–H groups in total.